The van der Waals surface area contributed by atoms with Gasteiger partial charge in [0.25, 0.3) is 0 Å². The molecule has 28 heavy (non-hydrogen) atoms. The first-order valence-electron chi connectivity index (χ1n) is 9.21. The second kappa shape index (κ2) is 8.22. The van der Waals surface area contributed by atoms with Crippen molar-refractivity contribution >= 4 is 11.8 Å². The molecule has 1 saturated heterocycles. The van der Waals surface area contributed by atoms with E-state index in [0.29, 0.717) is 25.2 Å². The van der Waals surface area contributed by atoms with Crippen molar-refractivity contribution in [2.24, 2.45) is 0 Å². The zero-order valence-electron chi connectivity index (χ0n) is 17.3. The van der Waals surface area contributed by atoms with Gasteiger partial charge >= 0.3 is 11.8 Å². The van der Waals surface area contributed by atoms with Gasteiger partial charge in [0.15, 0.2) is 5.75 Å². The van der Waals surface area contributed by atoms with Crippen molar-refractivity contribution in [1.82, 2.24) is 9.80 Å². The maximum atomic E-state index is 12.4. The molecule has 0 saturated carbocycles. The van der Waals surface area contributed by atoms with Crippen molar-refractivity contribution in [2.75, 3.05) is 20.2 Å². The van der Waals surface area contributed by atoms with Gasteiger partial charge in [-0.05, 0) is 46.2 Å². The lowest BCUT2D eigenvalue weighted by Crippen LogP contribution is -2.58. The first kappa shape index (κ1) is 21.7. The normalized spacial score (nSPS) is 20.7. The molecule has 0 aromatic heterocycles. The molecule has 0 bridgehead atoms. The average molecular weight is 395 g/mol. The first-order valence-corrected chi connectivity index (χ1v) is 9.21. The van der Waals surface area contributed by atoms with Crippen LogP contribution in [-0.2, 0) is 11.3 Å². The minimum absolute atomic E-state index is 0.0302. The third-order valence-electron chi connectivity index (χ3n) is 4.66. The second-order valence-corrected chi connectivity index (χ2v) is 8.18. The van der Waals surface area contributed by atoms with Crippen LogP contribution in [0.4, 0.5) is 10.5 Å². The van der Waals surface area contributed by atoms with E-state index >= 15 is 0 Å². The molecule has 9 nitrogen and oxygen atoms in total. The number of rotatable bonds is 4. The number of hydrogen-bond donors (Lipinski definition) is 1. The highest BCUT2D eigenvalue weighted by Crippen LogP contribution is 2.37. The summed E-state index contributed by atoms with van der Waals surface area (Å²) in [6.45, 7) is 11.0. The Morgan fingerprint density at radius 2 is 1.93 bits per heavy atom. The van der Waals surface area contributed by atoms with Crippen LogP contribution < -0.4 is 4.74 Å². The van der Waals surface area contributed by atoms with Gasteiger partial charge in [-0.1, -0.05) is 0 Å². The maximum Gasteiger partial charge on any atom is 0.410 e. The number of methoxy groups -OCH3 is 1. The summed E-state index contributed by atoms with van der Waals surface area (Å²) < 4.78 is 10.6. The molecule has 1 aromatic carbocycles. The van der Waals surface area contributed by atoms with Crippen molar-refractivity contribution in [3.63, 3.8) is 0 Å². The number of hydrogen-bond acceptors (Lipinski definition) is 7. The summed E-state index contributed by atoms with van der Waals surface area (Å²) in [5.74, 6) is -0.412. The molecule has 1 fully saturated rings. The van der Waals surface area contributed by atoms with Gasteiger partial charge in [-0.25, -0.2) is 4.79 Å². The number of nitrogens with zero attached hydrogens (tertiary/aromatic N) is 3. The first-order chi connectivity index (χ1) is 12.9. The molecule has 1 aliphatic heterocycles. The Bertz CT molecular complexity index is 746. The van der Waals surface area contributed by atoms with E-state index in [1.165, 1.54) is 13.2 Å². The lowest BCUT2D eigenvalue weighted by molar-refractivity contribution is -0.386. The molecular formula is C19H29N3O6. The van der Waals surface area contributed by atoms with Crippen LogP contribution in [0.5, 0.6) is 11.5 Å². The van der Waals surface area contributed by atoms with Crippen molar-refractivity contribution < 1.29 is 24.3 Å². The highest BCUT2D eigenvalue weighted by molar-refractivity contribution is 5.68. The summed E-state index contributed by atoms with van der Waals surface area (Å²) in [5, 5.41) is 21.1. The Labute approximate surface area is 165 Å². The van der Waals surface area contributed by atoms with Crippen LogP contribution in [0.15, 0.2) is 12.1 Å². The smallest absolute Gasteiger partial charge is 0.410 e. The number of ether oxygens (including phenoxy) is 2. The third kappa shape index (κ3) is 5.03. The van der Waals surface area contributed by atoms with Crippen molar-refractivity contribution in [1.29, 1.82) is 0 Å². The average Bonchev–Trinajstić information content (AvgIpc) is 2.57. The van der Waals surface area contributed by atoms with Gasteiger partial charge < -0.3 is 19.5 Å². The molecular weight excluding hydrogens is 366 g/mol. The van der Waals surface area contributed by atoms with Gasteiger partial charge in [0.05, 0.1) is 12.0 Å². The lowest BCUT2D eigenvalue weighted by Gasteiger charge is -2.44. The number of carbonyl (C=O) groups excluding carboxylic acids is 1. The van der Waals surface area contributed by atoms with Crippen LogP contribution in [0.3, 0.4) is 0 Å². The van der Waals surface area contributed by atoms with E-state index < -0.39 is 16.3 Å². The molecule has 1 aliphatic rings. The summed E-state index contributed by atoms with van der Waals surface area (Å²) >= 11 is 0. The van der Waals surface area contributed by atoms with Crippen LogP contribution in [0, 0.1) is 10.1 Å². The second-order valence-electron chi connectivity index (χ2n) is 8.18. The summed E-state index contributed by atoms with van der Waals surface area (Å²) in [6, 6.07) is 2.91. The van der Waals surface area contributed by atoms with E-state index in [2.05, 4.69) is 4.90 Å². The lowest BCUT2D eigenvalue weighted by atomic mass is 10.1. The molecule has 1 heterocycles. The SMILES string of the molecule is COc1cc(CN2C[C@H](C)N(C(=O)OC(C)(C)C)C[C@@H]2C)cc([N+](=O)[O-])c1O. The Hall–Kier alpha value is -2.55. The van der Waals surface area contributed by atoms with E-state index in [4.69, 9.17) is 9.47 Å². The number of aromatic hydroxyl groups is 1. The molecule has 0 spiro atoms. The Kier molecular flexibility index (Phi) is 6.38. The van der Waals surface area contributed by atoms with E-state index in [1.54, 1.807) is 11.0 Å². The molecule has 9 heteroatoms. The van der Waals surface area contributed by atoms with Crippen LogP contribution in [0.2, 0.25) is 0 Å². The molecule has 1 N–H and O–H groups in total. The van der Waals surface area contributed by atoms with Gasteiger partial charge in [-0.15, -0.1) is 0 Å². The van der Waals surface area contributed by atoms with Crippen LogP contribution in [0.1, 0.15) is 40.2 Å². The fourth-order valence-electron chi connectivity index (χ4n) is 3.26. The largest absolute Gasteiger partial charge is 0.500 e. The minimum atomic E-state index is -0.631. The van der Waals surface area contributed by atoms with Crippen LogP contribution >= 0.6 is 0 Å². The van der Waals surface area contributed by atoms with E-state index in [0.717, 1.165) is 0 Å². The highest BCUT2D eigenvalue weighted by atomic mass is 16.6. The van der Waals surface area contributed by atoms with E-state index in [9.17, 15) is 20.0 Å². The number of piperazine rings is 1. The van der Waals surface area contributed by atoms with Gasteiger partial charge in [0, 0.05) is 37.8 Å². The molecule has 1 aromatic rings. The van der Waals surface area contributed by atoms with Gasteiger partial charge in [-0.3, -0.25) is 15.0 Å². The quantitative estimate of drug-likeness (QED) is 0.617. The maximum absolute atomic E-state index is 12.4. The molecule has 1 amide bonds. The van der Waals surface area contributed by atoms with Gasteiger partial charge in [-0.2, -0.15) is 0 Å². The number of phenolic OH excluding ortho intramolecular Hbond substituents is 1. The Balaban J connectivity index is 2.16. The summed E-state index contributed by atoms with van der Waals surface area (Å²) in [6.07, 6.45) is -0.339. The summed E-state index contributed by atoms with van der Waals surface area (Å²) in [4.78, 5) is 26.9. The number of carbonyl (C=O) groups is 1. The van der Waals surface area contributed by atoms with Crippen molar-refractivity contribution in [3.8, 4) is 11.5 Å². The van der Waals surface area contributed by atoms with Crippen LogP contribution in [0.25, 0.3) is 0 Å². The monoisotopic (exact) mass is 395 g/mol. The van der Waals surface area contributed by atoms with E-state index in [1.807, 2.05) is 34.6 Å². The van der Waals surface area contributed by atoms with Gasteiger partial charge in [0.2, 0.25) is 5.75 Å². The number of nitro benzene ring substituents is 1. The fourth-order valence-corrected chi connectivity index (χ4v) is 3.26. The number of amides is 1. The standard InChI is InChI=1S/C19H29N3O6/c1-12-10-21(18(24)28-19(3,4)5)13(2)9-20(12)11-14-7-15(22(25)26)17(23)16(8-14)27-6/h7-8,12-13,23H,9-11H2,1-6H3/t12-,13-/m0/s1. The fraction of sp³-hybridized carbons (Fsp3) is 0.632. The zero-order chi connectivity index (χ0) is 21.2. The third-order valence-corrected chi connectivity index (χ3v) is 4.66. The summed E-state index contributed by atoms with van der Waals surface area (Å²) in [7, 11) is 1.35. The van der Waals surface area contributed by atoms with Gasteiger partial charge in [0.1, 0.15) is 5.60 Å². The predicted molar refractivity (Wildman–Crippen MR) is 104 cm³/mol. The Morgan fingerprint density at radius 3 is 2.46 bits per heavy atom. The van der Waals surface area contributed by atoms with E-state index in [-0.39, 0.29) is 29.6 Å². The highest BCUT2D eigenvalue weighted by Gasteiger charge is 2.34. The zero-order valence-corrected chi connectivity index (χ0v) is 17.3. The Morgan fingerprint density at radius 1 is 1.29 bits per heavy atom. The topological polar surface area (TPSA) is 105 Å². The molecule has 2 atom stereocenters. The number of benzene rings is 1. The molecule has 0 unspecified atom stereocenters. The molecule has 0 aliphatic carbocycles. The summed E-state index contributed by atoms with van der Waals surface area (Å²) in [5.41, 5.74) is -0.285. The molecule has 156 valence electrons. The van der Waals surface area contributed by atoms with Crippen LogP contribution in [-0.4, -0.2) is 63.8 Å². The predicted octanol–water partition coefficient (Wildman–Crippen LogP) is 3.14. The minimum Gasteiger partial charge on any atom is -0.500 e. The van der Waals surface area contributed by atoms with Crippen molar-refractivity contribution in [3.05, 3.63) is 27.8 Å². The number of phenols is 1. The number of nitro groups is 1. The van der Waals surface area contributed by atoms with Crippen molar-refractivity contribution in [2.45, 2.75) is 58.8 Å². The molecule has 0 radical (unpaired) electrons. The molecule has 2 rings (SSSR count).